The summed E-state index contributed by atoms with van der Waals surface area (Å²) >= 11 is 0. The Balaban J connectivity index is 1.70. The van der Waals surface area contributed by atoms with Crippen LogP contribution in [0.4, 0.5) is 4.79 Å². The highest BCUT2D eigenvalue weighted by Gasteiger charge is 2.26. The smallest absolute Gasteiger partial charge is 0.340 e. The van der Waals surface area contributed by atoms with Crippen LogP contribution in [0.1, 0.15) is 42.9 Å². The van der Waals surface area contributed by atoms with Crippen molar-refractivity contribution in [3.63, 3.8) is 0 Å². The standard InChI is InChI=1S/C25H30N4O8/c1-4-17(22(31)29-18(23(32)33)6-5-7-27-25(26)35)28-21(30)9-16-13(3)15-8-14-12(2)11-36-19(14)10-20(15)37-24(16)34/h8,10-11,17-18H,4-7,9H2,1-3H3,(H,28,30)(H,29,31)(H,32,33)(H3,26,27,35)/t17-,18-/m1/s1. The molecule has 198 valence electrons. The van der Waals surface area contributed by atoms with E-state index in [-0.39, 0.29) is 37.8 Å². The number of primary amides is 1. The maximum absolute atomic E-state index is 12.8. The highest BCUT2D eigenvalue weighted by Crippen LogP contribution is 2.28. The summed E-state index contributed by atoms with van der Waals surface area (Å²) in [5, 5.41) is 18.3. The van der Waals surface area contributed by atoms with E-state index in [9.17, 15) is 29.1 Å². The van der Waals surface area contributed by atoms with Gasteiger partial charge in [0.05, 0.1) is 18.2 Å². The van der Waals surface area contributed by atoms with Gasteiger partial charge >= 0.3 is 17.6 Å². The first-order valence-corrected chi connectivity index (χ1v) is 11.8. The molecule has 3 aromatic rings. The van der Waals surface area contributed by atoms with Crippen molar-refractivity contribution >= 4 is 45.8 Å². The van der Waals surface area contributed by atoms with Gasteiger partial charge in [0.25, 0.3) is 0 Å². The molecule has 0 fully saturated rings. The molecule has 12 heteroatoms. The lowest BCUT2D eigenvalue weighted by molar-refractivity contribution is -0.142. The average molecular weight is 515 g/mol. The van der Waals surface area contributed by atoms with Crippen molar-refractivity contribution in [2.24, 2.45) is 5.73 Å². The van der Waals surface area contributed by atoms with Crippen LogP contribution in [0.3, 0.4) is 0 Å². The van der Waals surface area contributed by atoms with E-state index in [2.05, 4.69) is 16.0 Å². The molecule has 1 aromatic carbocycles. The molecular weight excluding hydrogens is 484 g/mol. The molecule has 0 aliphatic heterocycles. The molecule has 2 atom stereocenters. The van der Waals surface area contributed by atoms with E-state index in [1.165, 1.54) is 0 Å². The van der Waals surface area contributed by atoms with Crippen molar-refractivity contribution in [1.29, 1.82) is 0 Å². The fourth-order valence-electron chi connectivity index (χ4n) is 4.05. The first kappa shape index (κ1) is 27.2. The number of nitrogens with two attached hydrogens (primary N) is 1. The zero-order chi connectivity index (χ0) is 27.3. The minimum absolute atomic E-state index is 0.0481. The number of hydrogen-bond acceptors (Lipinski definition) is 7. The molecule has 0 bridgehead atoms. The Morgan fingerprint density at radius 3 is 2.43 bits per heavy atom. The van der Waals surface area contributed by atoms with Gasteiger partial charge in [0, 0.05) is 23.4 Å². The first-order chi connectivity index (χ1) is 17.5. The Kier molecular flexibility index (Phi) is 8.53. The molecule has 0 saturated heterocycles. The molecule has 37 heavy (non-hydrogen) atoms. The Morgan fingerprint density at radius 2 is 1.78 bits per heavy atom. The molecular formula is C25H30N4O8. The van der Waals surface area contributed by atoms with Crippen molar-refractivity contribution in [3.05, 3.63) is 45.5 Å². The monoisotopic (exact) mass is 514 g/mol. The van der Waals surface area contributed by atoms with Crippen molar-refractivity contribution < 1.29 is 33.1 Å². The van der Waals surface area contributed by atoms with Crippen molar-refractivity contribution in [1.82, 2.24) is 16.0 Å². The zero-order valence-electron chi connectivity index (χ0n) is 20.8. The van der Waals surface area contributed by atoms with Gasteiger partial charge in [-0.1, -0.05) is 6.92 Å². The van der Waals surface area contributed by atoms with Crippen LogP contribution in [0.5, 0.6) is 0 Å². The third kappa shape index (κ3) is 6.46. The molecule has 0 saturated carbocycles. The molecule has 0 aliphatic rings. The van der Waals surface area contributed by atoms with Crippen molar-refractivity contribution in [3.8, 4) is 0 Å². The van der Waals surface area contributed by atoms with E-state index >= 15 is 0 Å². The van der Waals surface area contributed by atoms with Crippen LogP contribution < -0.4 is 27.3 Å². The number of fused-ring (bicyclic) bond motifs is 2. The van der Waals surface area contributed by atoms with Crippen LogP contribution in [0, 0.1) is 13.8 Å². The molecule has 0 unspecified atom stereocenters. The number of hydrogen-bond donors (Lipinski definition) is 5. The number of carboxylic acids is 1. The number of aliphatic carboxylic acids is 1. The number of amides is 4. The molecule has 0 aliphatic carbocycles. The Hall–Kier alpha value is -4.35. The Labute approximate surface area is 211 Å². The lowest BCUT2D eigenvalue weighted by Gasteiger charge is -2.20. The number of benzene rings is 1. The van der Waals surface area contributed by atoms with E-state index in [0.717, 1.165) is 10.9 Å². The summed E-state index contributed by atoms with van der Waals surface area (Å²) in [6.45, 7) is 5.43. The number of nitrogens with one attached hydrogen (secondary N) is 3. The minimum atomic E-state index is -1.25. The van der Waals surface area contributed by atoms with Crippen LogP contribution in [-0.4, -0.2) is 47.5 Å². The van der Waals surface area contributed by atoms with E-state index in [4.69, 9.17) is 14.6 Å². The van der Waals surface area contributed by atoms with E-state index in [1.54, 1.807) is 26.2 Å². The summed E-state index contributed by atoms with van der Waals surface area (Å²) in [6.07, 6.45) is 1.79. The van der Waals surface area contributed by atoms with Crippen molar-refractivity contribution in [2.45, 2.75) is 58.5 Å². The molecule has 12 nitrogen and oxygen atoms in total. The fraction of sp³-hybridized carbons (Fsp3) is 0.400. The van der Waals surface area contributed by atoms with E-state index in [1.807, 2.05) is 13.0 Å². The average Bonchev–Trinajstić information content (AvgIpc) is 3.20. The maximum Gasteiger partial charge on any atom is 0.340 e. The predicted molar refractivity (Wildman–Crippen MR) is 134 cm³/mol. The van der Waals surface area contributed by atoms with Gasteiger partial charge < -0.3 is 35.6 Å². The number of carboxylic acid groups (broad SMARTS) is 1. The quantitative estimate of drug-likeness (QED) is 0.188. The predicted octanol–water partition coefficient (Wildman–Crippen LogP) is 1.61. The summed E-state index contributed by atoms with van der Waals surface area (Å²) in [7, 11) is 0. The van der Waals surface area contributed by atoms with Crippen LogP contribution in [0.25, 0.3) is 21.9 Å². The van der Waals surface area contributed by atoms with Gasteiger partial charge in [-0.2, -0.15) is 0 Å². The van der Waals surface area contributed by atoms with Crippen molar-refractivity contribution in [2.75, 3.05) is 6.54 Å². The maximum atomic E-state index is 12.8. The first-order valence-electron chi connectivity index (χ1n) is 11.8. The summed E-state index contributed by atoms with van der Waals surface area (Å²) < 4.78 is 10.9. The molecule has 4 amide bonds. The van der Waals surface area contributed by atoms with Gasteiger partial charge in [-0.25, -0.2) is 14.4 Å². The van der Waals surface area contributed by atoms with E-state index < -0.39 is 41.5 Å². The lowest BCUT2D eigenvalue weighted by atomic mass is 10.0. The fourth-order valence-corrected chi connectivity index (χ4v) is 4.05. The highest BCUT2D eigenvalue weighted by molar-refractivity contribution is 5.97. The van der Waals surface area contributed by atoms with Gasteiger partial charge in [0.15, 0.2) is 0 Å². The molecule has 6 N–H and O–H groups in total. The number of carbonyl (C=O) groups is 4. The third-order valence-electron chi connectivity index (χ3n) is 6.16. The number of furan rings is 1. The van der Waals surface area contributed by atoms with Crippen LogP contribution in [0.15, 0.2) is 32.0 Å². The largest absolute Gasteiger partial charge is 0.480 e. The van der Waals surface area contributed by atoms with Crippen LogP contribution in [0.2, 0.25) is 0 Å². The lowest BCUT2D eigenvalue weighted by Crippen LogP contribution is -2.51. The third-order valence-corrected chi connectivity index (χ3v) is 6.16. The summed E-state index contributed by atoms with van der Waals surface area (Å²) in [4.78, 5) is 60.4. The number of carbonyl (C=O) groups excluding carboxylic acids is 3. The van der Waals surface area contributed by atoms with Gasteiger partial charge in [-0.05, 0) is 50.3 Å². The summed E-state index contributed by atoms with van der Waals surface area (Å²) in [5.41, 5.74) is 6.88. The summed E-state index contributed by atoms with van der Waals surface area (Å²) in [6, 6.07) is 0.516. The van der Waals surface area contributed by atoms with Gasteiger partial charge in [0.1, 0.15) is 23.2 Å². The summed E-state index contributed by atoms with van der Waals surface area (Å²) in [5.74, 6) is -2.51. The molecule has 0 radical (unpaired) electrons. The normalized spacial score (nSPS) is 12.7. The Bertz CT molecular complexity index is 1410. The topological polar surface area (TPSA) is 194 Å². The number of rotatable bonds is 11. The minimum Gasteiger partial charge on any atom is -0.480 e. The number of urea groups is 1. The van der Waals surface area contributed by atoms with Gasteiger partial charge in [-0.3, -0.25) is 9.59 Å². The Morgan fingerprint density at radius 1 is 1.05 bits per heavy atom. The van der Waals surface area contributed by atoms with Gasteiger partial charge in [-0.15, -0.1) is 0 Å². The van der Waals surface area contributed by atoms with Crippen LogP contribution >= 0.6 is 0 Å². The second kappa shape index (κ2) is 11.6. The highest BCUT2D eigenvalue weighted by atomic mass is 16.4. The number of aryl methyl sites for hydroxylation is 2. The zero-order valence-corrected chi connectivity index (χ0v) is 20.8. The SMILES string of the molecule is CC[C@@H](NC(=O)Cc1c(C)c2cc3c(C)coc3cc2oc1=O)C(=O)N[C@H](CCCNC(N)=O)C(=O)O. The second-order valence-corrected chi connectivity index (χ2v) is 8.79. The van der Waals surface area contributed by atoms with Gasteiger partial charge in [0.2, 0.25) is 11.8 Å². The molecule has 2 heterocycles. The second-order valence-electron chi connectivity index (χ2n) is 8.79. The van der Waals surface area contributed by atoms with Crippen LogP contribution in [-0.2, 0) is 20.8 Å². The molecule has 0 spiro atoms. The molecule has 2 aromatic heterocycles. The molecule has 3 rings (SSSR count). The van der Waals surface area contributed by atoms with E-state index in [0.29, 0.717) is 22.1 Å².